The van der Waals surface area contributed by atoms with E-state index in [0.29, 0.717) is 18.8 Å². The van der Waals surface area contributed by atoms with Crippen molar-refractivity contribution in [2.75, 3.05) is 11.4 Å². The minimum Gasteiger partial charge on any atom is -0.312 e. The number of rotatable bonds is 3. The van der Waals surface area contributed by atoms with Crippen LogP contribution in [0.15, 0.2) is 65.5 Å². The predicted molar refractivity (Wildman–Crippen MR) is 90.3 cm³/mol. The molecule has 1 N–H and O–H groups in total. The Balaban J connectivity index is 1.69. The summed E-state index contributed by atoms with van der Waals surface area (Å²) in [5, 5.41) is 6.69. The number of anilines is 1. The molecule has 6 heteroatoms. The van der Waals surface area contributed by atoms with Crippen molar-refractivity contribution in [3.05, 3.63) is 77.0 Å². The first-order valence-corrected chi connectivity index (χ1v) is 7.82. The monoisotopic (exact) mass is 320 g/mol. The van der Waals surface area contributed by atoms with Crippen molar-refractivity contribution in [1.82, 2.24) is 14.8 Å². The van der Waals surface area contributed by atoms with E-state index in [2.05, 4.69) is 10.2 Å². The third-order valence-corrected chi connectivity index (χ3v) is 4.27. The maximum atomic E-state index is 12.4. The van der Waals surface area contributed by atoms with Crippen LogP contribution in [0.2, 0.25) is 0 Å². The van der Waals surface area contributed by atoms with Gasteiger partial charge in [-0.15, -0.1) is 0 Å². The van der Waals surface area contributed by atoms with Crippen LogP contribution in [0.1, 0.15) is 18.2 Å². The summed E-state index contributed by atoms with van der Waals surface area (Å²) < 4.78 is 1.55. The van der Waals surface area contributed by atoms with Crippen LogP contribution in [0, 0.1) is 0 Å². The van der Waals surface area contributed by atoms with Gasteiger partial charge in [0.15, 0.2) is 0 Å². The van der Waals surface area contributed by atoms with Crippen molar-refractivity contribution in [3.8, 4) is 5.69 Å². The van der Waals surface area contributed by atoms with Crippen molar-refractivity contribution in [2.45, 2.75) is 12.3 Å². The Hall–Kier alpha value is -3.15. The van der Waals surface area contributed by atoms with Crippen molar-refractivity contribution in [2.24, 2.45) is 0 Å². The second-order valence-corrected chi connectivity index (χ2v) is 5.80. The van der Waals surface area contributed by atoms with Crippen molar-refractivity contribution in [1.29, 1.82) is 0 Å². The molecule has 0 saturated carbocycles. The van der Waals surface area contributed by atoms with Gasteiger partial charge in [-0.2, -0.15) is 5.10 Å². The zero-order chi connectivity index (χ0) is 16.5. The molecule has 1 aromatic heterocycles. The normalized spacial score (nSPS) is 17.4. The maximum absolute atomic E-state index is 12.4. The molecule has 120 valence electrons. The highest BCUT2D eigenvalue weighted by atomic mass is 16.2. The molecule has 1 fully saturated rings. The van der Waals surface area contributed by atoms with Gasteiger partial charge in [0.25, 0.3) is 0 Å². The van der Waals surface area contributed by atoms with Gasteiger partial charge in [-0.25, -0.2) is 14.5 Å². The molecule has 1 amide bonds. The van der Waals surface area contributed by atoms with Crippen LogP contribution in [0.3, 0.4) is 0 Å². The highest BCUT2D eigenvalue weighted by molar-refractivity contribution is 5.96. The molecule has 0 spiro atoms. The van der Waals surface area contributed by atoms with Crippen LogP contribution in [-0.4, -0.2) is 27.2 Å². The van der Waals surface area contributed by atoms with Gasteiger partial charge in [-0.1, -0.05) is 36.4 Å². The molecule has 1 unspecified atom stereocenters. The van der Waals surface area contributed by atoms with E-state index in [4.69, 9.17) is 0 Å². The Morgan fingerprint density at radius 3 is 2.21 bits per heavy atom. The molecule has 1 aliphatic rings. The number of carbonyl (C=O) groups is 1. The molecular weight excluding hydrogens is 304 g/mol. The number of hydrogen-bond donors (Lipinski definition) is 1. The van der Waals surface area contributed by atoms with Gasteiger partial charge in [-0.3, -0.25) is 4.79 Å². The van der Waals surface area contributed by atoms with E-state index in [1.165, 1.54) is 0 Å². The Kier molecular flexibility index (Phi) is 3.49. The molecule has 3 aromatic rings. The third-order valence-electron chi connectivity index (χ3n) is 4.27. The summed E-state index contributed by atoms with van der Waals surface area (Å²) in [6, 6.07) is 18.9. The van der Waals surface area contributed by atoms with Crippen LogP contribution in [0.4, 0.5) is 5.69 Å². The lowest BCUT2D eigenvalue weighted by atomic mass is 10.1. The number of amides is 1. The number of nitrogens with one attached hydrogen (secondary N) is 1. The average molecular weight is 320 g/mol. The van der Waals surface area contributed by atoms with Gasteiger partial charge in [0.1, 0.15) is 5.82 Å². The number of H-pyrrole nitrogens is 1. The molecule has 6 nitrogen and oxygen atoms in total. The molecule has 4 rings (SSSR count). The molecule has 0 bridgehead atoms. The average Bonchev–Trinajstić information content (AvgIpc) is 3.19. The van der Waals surface area contributed by atoms with Gasteiger partial charge in [0, 0.05) is 24.6 Å². The van der Waals surface area contributed by atoms with Crippen LogP contribution < -0.4 is 10.6 Å². The van der Waals surface area contributed by atoms with Crippen molar-refractivity contribution < 1.29 is 4.79 Å². The van der Waals surface area contributed by atoms with E-state index in [9.17, 15) is 9.59 Å². The summed E-state index contributed by atoms with van der Waals surface area (Å²) >= 11 is 0. The fourth-order valence-corrected chi connectivity index (χ4v) is 3.15. The molecule has 1 aliphatic heterocycles. The van der Waals surface area contributed by atoms with Crippen LogP contribution in [-0.2, 0) is 4.79 Å². The summed E-state index contributed by atoms with van der Waals surface area (Å²) in [4.78, 5) is 26.3. The molecule has 1 saturated heterocycles. The SMILES string of the molecule is O=C1CC(c2n[nH]c(=O)n2-c2ccccc2)CN1c1ccccc1. The minimum atomic E-state index is -0.290. The highest BCUT2D eigenvalue weighted by Gasteiger charge is 2.35. The minimum absolute atomic E-state index is 0.0428. The van der Waals surface area contributed by atoms with E-state index in [-0.39, 0.29) is 17.5 Å². The van der Waals surface area contributed by atoms with Crippen LogP contribution in [0.5, 0.6) is 0 Å². The fraction of sp³-hybridized carbons (Fsp3) is 0.167. The van der Waals surface area contributed by atoms with Crippen molar-refractivity contribution >= 4 is 11.6 Å². The first-order chi connectivity index (χ1) is 11.7. The first-order valence-electron chi connectivity index (χ1n) is 7.82. The number of para-hydroxylation sites is 2. The summed E-state index contributed by atoms with van der Waals surface area (Å²) in [6.45, 7) is 0.514. The van der Waals surface area contributed by atoms with Gasteiger partial charge in [-0.05, 0) is 24.3 Å². The molecule has 0 aliphatic carbocycles. The lowest BCUT2D eigenvalue weighted by Gasteiger charge is -2.16. The largest absolute Gasteiger partial charge is 0.347 e. The predicted octanol–water partition coefficient (Wildman–Crippen LogP) is 2.08. The Morgan fingerprint density at radius 1 is 0.917 bits per heavy atom. The van der Waals surface area contributed by atoms with Gasteiger partial charge < -0.3 is 4.90 Å². The van der Waals surface area contributed by atoms with E-state index in [1.54, 1.807) is 9.47 Å². The number of aromatic amines is 1. The molecule has 0 radical (unpaired) electrons. The summed E-state index contributed by atoms with van der Waals surface area (Å²) in [6.07, 6.45) is 0.339. The summed E-state index contributed by atoms with van der Waals surface area (Å²) in [5.41, 5.74) is 1.33. The third kappa shape index (κ3) is 2.42. The van der Waals surface area contributed by atoms with Crippen molar-refractivity contribution in [3.63, 3.8) is 0 Å². The molecular formula is C18H16N4O2. The first kappa shape index (κ1) is 14.4. The number of carbonyl (C=O) groups excluding carboxylic acids is 1. The zero-order valence-corrected chi connectivity index (χ0v) is 12.9. The molecule has 2 heterocycles. The Labute approximate surface area is 138 Å². The van der Waals surface area contributed by atoms with Crippen LogP contribution >= 0.6 is 0 Å². The molecule has 24 heavy (non-hydrogen) atoms. The highest BCUT2D eigenvalue weighted by Crippen LogP contribution is 2.31. The second kappa shape index (κ2) is 5.81. The number of nitrogens with zero attached hydrogens (tertiary/aromatic N) is 3. The second-order valence-electron chi connectivity index (χ2n) is 5.80. The maximum Gasteiger partial charge on any atom is 0.347 e. The Morgan fingerprint density at radius 2 is 1.54 bits per heavy atom. The number of hydrogen-bond acceptors (Lipinski definition) is 3. The van der Waals surface area contributed by atoms with E-state index < -0.39 is 0 Å². The topological polar surface area (TPSA) is 71.0 Å². The zero-order valence-electron chi connectivity index (χ0n) is 12.9. The smallest absolute Gasteiger partial charge is 0.312 e. The lowest BCUT2D eigenvalue weighted by Crippen LogP contribution is -2.24. The van der Waals surface area contributed by atoms with Gasteiger partial charge >= 0.3 is 5.69 Å². The van der Waals surface area contributed by atoms with E-state index in [0.717, 1.165) is 11.4 Å². The molecule has 2 aromatic carbocycles. The Bertz CT molecular complexity index is 915. The summed E-state index contributed by atoms with van der Waals surface area (Å²) in [7, 11) is 0. The molecule has 1 atom stereocenters. The van der Waals surface area contributed by atoms with E-state index in [1.807, 2.05) is 60.7 Å². The standard InChI is InChI=1S/C18H16N4O2/c23-16-11-13(12-21(16)14-7-3-1-4-8-14)17-19-20-18(24)22(17)15-9-5-2-6-10-15/h1-10,13H,11-12H2,(H,20,24). The van der Waals surface area contributed by atoms with E-state index >= 15 is 0 Å². The number of aromatic nitrogens is 3. The quantitative estimate of drug-likeness (QED) is 0.803. The summed E-state index contributed by atoms with van der Waals surface area (Å²) in [5.74, 6) is 0.510. The lowest BCUT2D eigenvalue weighted by molar-refractivity contribution is -0.117. The van der Waals surface area contributed by atoms with Crippen LogP contribution in [0.25, 0.3) is 5.69 Å². The van der Waals surface area contributed by atoms with Gasteiger partial charge in [0.05, 0.1) is 5.69 Å². The number of benzene rings is 2. The fourth-order valence-electron chi connectivity index (χ4n) is 3.15. The van der Waals surface area contributed by atoms with Gasteiger partial charge in [0.2, 0.25) is 5.91 Å².